The van der Waals surface area contributed by atoms with Crippen LogP contribution in [0.15, 0.2) is 42.6 Å². The first kappa shape index (κ1) is 29.1. The molecule has 1 aliphatic carbocycles. The Balaban J connectivity index is 1.12. The topological polar surface area (TPSA) is 85.6 Å². The van der Waals surface area contributed by atoms with Gasteiger partial charge >= 0.3 is 0 Å². The molecule has 2 aliphatic heterocycles. The molecule has 1 aromatic carbocycles. The molecule has 7 rings (SSSR count). The largest absolute Gasteiger partial charge is 0.384 e. The standard InChI is InChI=1S/C33H40F2N8O/c1-33(2,44)27-5-4-6-28(38-27)43-30(21-7-8-21)29(35)24-20-36-32(39-31(24)43)37-22-9-10-26(25(34)19-22)42-13-11-23(12-14-42)41-17-15-40(3)16-18-41/h4-6,9-10,19-21,23,44H,7-8,11-18H2,1-3H3,(H,36,37,39). The molecule has 232 valence electrons. The summed E-state index contributed by atoms with van der Waals surface area (Å²) in [7, 11) is 2.17. The van der Waals surface area contributed by atoms with Gasteiger partial charge in [-0.1, -0.05) is 6.07 Å². The van der Waals surface area contributed by atoms with Crippen molar-refractivity contribution in [2.45, 2.75) is 57.1 Å². The summed E-state index contributed by atoms with van der Waals surface area (Å²) in [5.41, 5.74) is 1.34. The second-order valence-electron chi connectivity index (χ2n) is 13.0. The maximum Gasteiger partial charge on any atom is 0.229 e. The number of aromatic nitrogens is 4. The number of likely N-dealkylation sites (N-methyl/N-ethyl adjacent to an activating group) is 1. The Kier molecular flexibility index (Phi) is 7.50. The molecule has 5 heterocycles. The minimum Gasteiger partial charge on any atom is -0.384 e. The van der Waals surface area contributed by atoms with Gasteiger partial charge in [-0.05, 0) is 76.9 Å². The minimum absolute atomic E-state index is 0.0708. The number of anilines is 3. The molecule has 0 atom stereocenters. The number of nitrogens with one attached hydrogen (secondary N) is 1. The first-order valence-electron chi connectivity index (χ1n) is 15.7. The van der Waals surface area contributed by atoms with Crippen LogP contribution in [0.5, 0.6) is 0 Å². The number of benzene rings is 1. The molecule has 0 spiro atoms. The van der Waals surface area contributed by atoms with Gasteiger partial charge in [0.25, 0.3) is 0 Å². The molecule has 9 nitrogen and oxygen atoms in total. The number of hydrogen-bond donors (Lipinski definition) is 2. The van der Waals surface area contributed by atoms with Crippen LogP contribution in [0, 0.1) is 11.6 Å². The summed E-state index contributed by atoms with van der Waals surface area (Å²) in [5, 5.41) is 14.0. The quantitative estimate of drug-likeness (QED) is 0.300. The molecule has 0 amide bonds. The summed E-state index contributed by atoms with van der Waals surface area (Å²) in [6, 6.07) is 11.0. The van der Waals surface area contributed by atoms with Crippen molar-refractivity contribution in [1.82, 2.24) is 29.3 Å². The van der Waals surface area contributed by atoms with Gasteiger partial charge in [-0.2, -0.15) is 4.98 Å². The van der Waals surface area contributed by atoms with Crippen molar-refractivity contribution in [3.8, 4) is 5.82 Å². The minimum atomic E-state index is -1.16. The molecule has 1 saturated carbocycles. The summed E-state index contributed by atoms with van der Waals surface area (Å²) >= 11 is 0. The van der Waals surface area contributed by atoms with Crippen LogP contribution in [-0.4, -0.2) is 86.8 Å². The molecular formula is C33H40F2N8O. The van der Waals surface area contributed by atoms with Crippen molar-refractivity contribution in [1.29, 1.82) is 0 Å². The number of halogens is 2. The molecular weight excluding hydrogens is 562 g/mol. The van der Waals surface area contributed by atoms with Crippen LogP contribution < -0.4 is 10.2 Å². The number of nitrogens with zero attached hydrogens (tertiary/aromatic N) is 7. The van der Waals surface area contributed by atoms with Crippen molar-refractivity contribution in [2.75, 3.05) is 56.5 Å². The van der Waals surface area contributed by atoms with Crippen LogP contribution in [0.2, 0.25) is 0 Å². The molecule has 11 heteroatoms. The van der Waals surface area contributed by atoms with Gasteiger partial charge in [0, 0.05) is 63.1 Å². The molecule has 3 fully saturated rings. The van der Waals surface area contributed by atoms with Crippen molar-refractivity contribution >= 4 is 28.4 Å². The van der Waals surface area contributed by atoms with Crippen LogP contribution in [-0.2, 0) is 5.60 Å². The highest BCUT2D eigenvalue weighted by atomic mass is 19.1. The van der Waals surface area contributed by atoms with Crippen LogP contribution in [0.3, 0.4) is 0 Å². The molecule has 3 aromatic heterocycles. The second-order valence-corrected chi connectivity index (χ2v) is 13.0. The maximum absolute atomic E-state index is 15.7. The Morgan fingerprint density at radius 1 is 0.932 bits per heavy atom. The van der Waals surface area contributed by atoms with Crippen molar-refractivity contribution in [2.24, 2.45) is 0 Å². The van der Waals surface area contributed by atoms with E-state index in [0.717, 1.165) is 65.0 Å². The van der Waals surface area contributed by atoms with E-state index in [-0.39, 0.29) is 23.5 Å². The monoisotopic (exact) mass is 602 g/mol. The summed E-state index contributed by atoms with van der Waals surface area (Å²) in [4.78, 5) is 20.8. The van der Waals surface area contributed by atoms with Gasteiger partial charge < -0.3 is 20.2 Å². The number of aliphatic hydroxyl groups is 1. The molecule has 0 bridgehead atoms. The number of piperazine rings is 1. The Labute approximate surface area is 256 Å². The smallest absolute Gasteiger partial charge is 0.229 e. The van der Waals surface area contributed by atoms with E-state index in [2.05, 4.69) is 42.0 Å². The van der Waals surface area contributed by atoms with Gasteiger partial charge in [-0.25, -0.2) is 18.7 Å². The predicted molar refractivity (Wildman–Crippen MR) is 168 cm³/mol. The van der Waals surface area contributed by atoms with Gasteiger partial charge in [-0.15, -0.1) is 0 Å². The maximum atomic E-state index is 15.7. The first-order chi connectivity index (χ1) is 21.2. The van der Waals surface area contributed by atoms with Crippen molar-refractivity contribution < 1.29 is 13.9 Å². The number of rotatable bonds is 7. The predicted octanol–water partition coefficient (Wildman–Crippen LogP) is 5.16. The zero-order chi connectivity index (χ0) is 30.6. The van der Waals surface area contributed by atoms with Gasteiger partial charge in [0.2, 0.25) is 5.95 Å². The second kappa shape index (κ2) is 11.4. The van der Waals surface area contributed by atoms with E-state index in [1.165, 1.54) is 12.3 Å². The molecule has 2 N–H and O–H groups in total. The number of fused-ring (bicyclic) bond motifs is 1. The Hall–Kier alpha value is -3.67. The third-order valence-electron chi connectivity index (χ3n) is 9.30. The van der Waals surface area contributed by atoms with Crippen LogP contribution >= 0.6 is 0 Å². The lowest BCUT2D eigenvalue weighted by molar-refractivity contribution is 0.0738. The molecule has 2 saturated heterocycles. The van der Waals surface area contributed by atoms with E-state index in [4.69, 9.17) is 0 Å². The van der Waals surface area contributed by atoms with E-state index in [0.29, 0.717) is 45.7 Å². The number of piperidine rings is 1. The Bertz CT molecular complexity index is 1660. The number of hydrogen-bond acceptors (Lipinski definition) is 8. The Morgan fingerprint density at radius 2 is 1.68 bits per heavy atom. The first-order valence-corrected chi connectivity index (χ1v) is 15.7. The number of pyridine rings is 1. The summed E-state index contributed by atoms with van der Waals surface area (Å²) in [6.07, 6.45) is 5.30. The SMILES string of the molecule is CN1CCN(C2CCN(c3ccc(Nc4ncc5c(F)c(C6CC6)n(-c6cccc(C(C)(C)O)n6)c5n4)cc3F)CC2)CC1. The molecule has 0 radical (unpaired) electrons. The molecule has 44 heavy (non-hydrogen) atoms. The summed E-state index contributed by atoms with van der Waals surface area (Å²) in [6.45, 7) is 9.41. The lowest BCUT2D eigenvalue weighted by Gasteiger charge is -2.42. The van der Waals surface area contributed by atoms with Gasteiger partial charge in [0.15, 0.2) is 11.5 Å². The fourth-order valence-electron chi connectivity index (χ4n) is 6.58. The van der Waals surface area contributed by atoms with E-state index in [9.17, 15) is 5.11 Å². The summed E-state index contributed by atoms with van der Waals surface area (Å²) < 4.78 is 32.9. The highest BCUT2D eigenvalue weighted by molar-refractivity contribution is 5.81. The Morgan fingerprint density at radius 3 is 2.36 bits per heavy atom. The molecule has 3 aliphatic rings. The molecule has 0 unspecified atom stereocenters. The fourth-order valence-corrected chi connectivity index (χ4v) is 6.58. The van der Waals surface area contributed by atoms with E-state index in [1.807, 2.05) is 12.1 Å². The summed E-state index contributed by atoms with van der Waals surface area (Å²) in [5.74, 6) is 0.138. The van der Waals surface area contributed by atoms with Crippen LogP contribution in [0.4, 0.5) is 26.1 Å². The van der Waals surface area contributed by atoms with E-state index in [1.54, 1.807) is 36.6 Å². The normalized spacial score (nSPS) is 19.2. The highest BCUT2D eigenvalue weighted by Crippen LogP contribution is 2.45. The zero-order valence-electron chi connectivity index (χ0n) is 25.6. The van der Waals surface area contributed by atoms with Crippen LogP contribution in [0.1, 0.15) is 56.8 Å². The average molecular weight is 603 g/mol. The third kappa shape index (κ3) is 5.64. The molecule has 4 aromatic rings. The lowest BCUT2D eigenvalue weighted by Crippen LogP contribution is -2.52. The average Bonchev–Trinajstić information content (AvgIpc) is 3.81. The van der Waals surface area contributed by atoms with Crippen molar-refractivity contribution in [3.05, 3.63) is 65.6 Å². The van der Waals surface area contributed by atoms with Gasteiger partial charge in [0.05, 0.1) is 22.5 Å². The third-order valence-corrected chi connectivity index (χ3v) is 9.30. The lowest BCUT2D eigenvalue weighted by atomic mass is 10.0. The zero-order valence-corrected chi connectivity index (χ0v) is 25.6. The fraction of sp³-hybridized carbons (Fsp3) is 0.485. The van der Waals surface area contributed by atoms with Gasteiger partial charge in [-0.3, -0.25) is 9.47 Å². The van der Waals surface area contributed by atoms with E-state index < -0.39 is 5.60 Å². The van der Waals surface area contributed by atoms with Crippen molar-refractivity contribution in [3.63, 3.8) is 0 Å². The van der Waals surface area contributed by atoms with E-state index >= 15 is 8.78 Å². The highest BCUT2D eigenvalue weighted by Gasteiger charge is 2.34. The van der Waals surface area contributed by atoms with Gasteiger partial charge in [0.1, 0.15) is 17.2 Å². The van der Waals surface area contributed by atoms with Crippen LogP contribution in [0.25, 0.3) is 16.9 Å².